The summed E-state index contributed by atoms with van der Waals surface area (Å²) in [6, 6.07) is 29.1. The van der Waals surface area contributed by atoms with E-state index < -0.39 is 14.5 Å². The molecule has 0 aliphatic heterocycles. The van der Waals surface area contributed by atoms with Crippen LogP contribution in [0.1, 0.15) is 4.11 Å². The van der Waals surface area contributed by atoms with Crippen LogP contribution in [-0.4, -0.2) is 8.07 Å². The molecule has 0 bridgehead atoms. The highest BCUT2D eigenvalue weighted by Crippen LogP contribution is 2.06. The molecule has 0 aliphatic carbocycles. The first kappa shape index (κ1) is 9.73. The summed E-state index contributed by atoms with van der Waals surface area (Å²) in [7, 11) is -3.13. The Morgan fingerprint density at radius 3 is 1.10 bits per heavy atom. The second kappa shape index (κ2) is 5.47. The molecule has 3 aromatic carbocycles. The molecule has 98 valence electrons. The van der Waals surface area contributed by atoms with E-state index in [-0.39, 0.29) is 0 Å². The fourth-order valence-corrected chi connectivity index (χ4v) is 5.64. The Labute approximate surface area is 126 Å². The number of hydrogen-bond acceptors (Lipinski definition) is 0. The second-order valence-electron chi connectivity index (χ2n) is 4.85. The summed E-state index contributed by atoms with van der Waals surface area (Å²) < 4.78 is 25.3. The van der Waals surface area contributed by atoms with Crippen LogP contribution in [0.5, 0.6) is 0 Å². The smallest absolute Gasteiger partial charge is 0.0624 e. The minimum absolute atomic E-state index is 0.914. The Bertz CT molecular complexity index is 656. The van der Waals surface area contributed by atoms with E-state index in [0.29, 0.717) is 0 Å². The third-order valence-electron chi connectivity index (χ3n) is 3.62. The summed E-state index contributed by atoms with van der Waals surface area (Å²) in [4.78, 5) is 0. The molecule has 0 amide bonds. The molecule has 0 N–H and O–H groups in total. The van der Waals surface area contributed by atoms with Gasteiger partial charge < -0.3 is 0 Å². The molecule has 1 heteroatoms. The average Bonchev–Trinajstić information content (AvgIpc) is 2.57. The maximum atomic E-state index is 8.44. The fourth-order valence-electron chi connectivity index (χ4n) is 2.56. The summed E-state index contributed by atoms with van der Waals surface area (Å²) >= 11 is 0. The molecule has 0 unspecified atom stereocenters. The van der Waals surface area contributed by atoms with Crippen LogP contribution in [0.4, 0.5) is 0 Å². The molecule has 0 heterocycles. The van der Waals surface area contributed by atoms with Crippen molar-refractivity contribution in [2.24, 2.45) is 0 Å². The SMILES string of the molecule is [2H]C([2H])([2H])[Si](c1ccccc1)(c1ccccc1)c1ccccc1. The van der Waals surface area contributed by atoms with E-state index in [4.69, 9.17) is 4.11 Å². The number of rotatable bonds is 3. The minimum atomic E-state index is -3.13. The van der Waals surface area contributed by atoms with Gasteiger partial charge in [-0.1, -0.05) is 97.5 Å². The van der Waals surface area contributed by atoms with E-state index in [1.165, 1.54) is 0 Å². The van der Waals surface area contributed by atoms with Crippen LogP contribution in [-0.2, 0) is 0 Å². The Morgan fingerprint density at radius 2 is 0.850 bits per heavy atom. The van der Waals surface area contributed by atoms with E-state index in [1.54, 1.807) is 0 Å². The van der Waals surface area contributed by atoms with Crippen molar-refractivity contribution in [3.63, 3.8) is 0 Å². The standard InChI is InChI=1S/C19H18Si/c1-20(17-11-5-2-6-12-17,18-13-7-3-8-14-18)19-15-9-4-10-16-19/h2-16H,1H3/i1D3. The fraction of sp³-hybridized carbons (Fsp3) is 0.0526. The van der Waals surface area contributed by atoms with Gasteiger partial charge >= 0.3 is 0 Å². The maximum Gasteiger partial charge on any atom is 0.145 e. The van der Waals surface area contributed by atoms with E-state index >= 15 is 0 Å². The monoisotopic (exact) mass is 277 g/mol. The zero-order valence-electron chi connectivity index (χ0n) is 14.2. The van der Waals surface area contributed by atoms with Crippen molar-refractivity contribution < 1.29 is 4.11 Å². The highest BCUT2D eigenvalue weighted by Gasteiger charge is 2.33. The lowest BCUT2D eigenvalue weighted by Crippen LogP contribution is -2.64. The van der Waals surface area contributed by atoms with Crippen molar-refractivity contribution in [2.45, 2.75) is 6.48 Å². The molecule has 0 atom stereocenters. The lowest BCUT2D eigenvalue weighted by atomic mass is 10.3. The molecule has 0 fully saturated rings. The largest absolute Gasteiger partial charge is 0.145 e. The Morgan fingerprint density at radius 1 is 0.550 bits per heavy atom. The van der Waals surface area contributed by atoms with Crippen LogP contribution < -0.4 is 15.6 Å². The first-order valence-corrected chi connectivity index (χ1v) is 8.73. The van der Waals surface area contributed by atoms with Crippen molar-refractivity contribution in [1.82, 2.24) is 0 Å². The zero-order chi connectivity index (χ0) is 16.3. The van der Waals surface area contributed by atoms with E-state index in [0.717, 1.165) is 15.6 Å². The summed E-state index contributed by atoms with van der Waals surface area (Å²) in [5, 5.41) is 2.74. The summed E-state index contributed by atoms with van der Waals surface area (Å²) in [5.41, 5.74) is 0. The van der Waals surface area contributed by atoms with E-state index in [9.17, 15) is 0 Å². The Balaban J connectivity index is 2.41. The van der Waals surface area contributed by atoms with Gasteiger partial charge in [0.2, 0.25) is 0 Å². The molecule has 0 aliphatic rings. The molecular formula is C19H18Si. The van der Waals surface area contributed by atoms with Crippen LogP contribution in [0.25, 0.3) is 0 Å². The maximum absolute atomic E-state index is 8.44. The highest BCUT2D eigenvalue weighted by atomic mass is 28.3. The lowest BCUT2D eigenvalue weighted by Gasteiger charge is -2.29. The summed E-state index contributed by atoms with van der Waals surface area (Å²) in [5.74, 6) is 0. The van der Waals surface area contributed by atoms with Crippen molar-refractivity contribution in [2.75, 3.05) is 0 Å². The lowest BCUT2D eigenvalue weighted by molar-refractivity contribution is 1.66. The predicted molar refractivity (Wildman–Crippen MR) is 89.8 cm³/mol. The third-order valence-corrected chi connectivity index (χ3v) is 7.22. The van der Waals surface area contributed by atoms with Crippen LogP contribution in [0.15, 0.2) is 91.0 Å². The van der Waals surface area contributed by atoms with Gasteiger partial charge in [-0.25, -0.2) is 0 Å². The predicted octanol–water partition coefficient (Wildman–Crippen LogP) is 2.79. The quantitative estimate of drug-likeness (QED) is 0.510. The van der Waals surface area contributed by atoms with Crippen LogP contribution in [0, 0.1) is 0 Å². The summed E-state index contributed by atoms with van der Waals surface area (Å²) in [6.07, 6.45) is 0. The Hall–Kier alpha value is -2.12. The zero-order valence-corrected chi connectivity index (χ0v) is 12.2. The Kier molecular flexibility index (Phi) is 2.66. The van der Waals surface area contributed by atoms with Crippen molar-refractivity contribution in [3.05, 3.63) is 91.0 Å². The molecule has 0 spiro atoms. The second-order valence-corrected chi connectivity index (χ2v) is 8.08. The molecule has 3 aromatic rings. The molecule has 0 nitrogen and oxygen atoms in total. The first-order chi connectivity index (χ1) is 11.1. The number of hydrogen-bond donors (Lipinski definition) is 0. The molecule has 20 heavy (non-hydrogen) atoms. The number of benzene rings is 3. The van der Waals surface area contributed by atoms with E-state index in [2.05, 4.69) is 0 Å². The molecule has 3 rings (SSSR count). The van der Waals surface area contributed by atoms with Gasteiger partial charge in [-0.3, -0.25) is 0 Å². The van der Waals surface area contributed by atoms with Gasteiger partial charge in [0.1, 0.15) is 8.07 Å². The van der Waals surface area contributed by atoms with Gasteiger partial charge in [0, 0.05) is 4.11 Å². The van der Waals surface area contributed by atoms with Crippen LogP contribution in [0.2, 0.25) is 6.48 Å². The van der Waals surface area contributed by atoms with Gasteiger partial charge in [0.15, 0.2) is 0 Å². The van der Waals surface area contributed by atoms with E-state index in [1.807, 2.05) is 91.0 Å². The highest BCUT2D eigenvalue weighted by molar-refractivity contribution is 7.10. The van der Waals surface area contributed by atoms with Crippen LogP contribution in [0.3, 0.4) is 0 Å². The third kappa shape index (κ3) is 2.21. The summed E-state index contributed by atoms with van der Waals surface area (Å²) in [6.45, 7) is -2.09. The van der Waals surface area contributed by atoms with Crippen LogP contribution >= 0.6 is 0 Å². The van der Waals surface area contributed by atoms with Gasteiger partial charge in [-0.05, 0) is 15.6 Å². The topological polar surface area (TPSA) is 0 Å². The van der Waals surface area contributed by atoms with Crippen molar-refractivity contribution in [1.29, 1.82) is 0 Å². The molecule has 0 saturated heterocycles. The molecule has 0 saturated carbocycles. The molecule has 0 aromatic heterocycles. The van der Waals surface area contributed by atoms with Gasteiger partial charge in [0.25, 0.3) is 0 Å². The minimum Gasteiger partial charge on any atom is -0.0624 e. The van der Waals surface area contributed by atoms with Gasteiger partial charge in [0.05, 0.1) is 0 Å². The van der Waals surface area contributed by atoms with Gasteiger partial charge in [-0.15, -0.1) is 0 Å². The van der Waals surface area contributed by atoms with Crippen molar-refractivity contribution in [3.8, 4) is 0 Å². The van der Waals surface area contributed by atoms with Crippen molar-refractivity contribution >= 4 is 23.6 Å². The molecule has 0 radical (unpaired) electrons. The normalized spacial score (nSPS) is 14.1. The first-order valence-electron chi connectivity index (χ1n) is 8.23. The molecular weight excluding hydrogens is 256 g/mol. The average molecular weight is 277 g/mol. The van der Waals surface area contributed by atoms with Gasteiger partial charge in [-0.2, -0.15) is 0 Å².